The number of sulfonamides is 1. The first-order valence-corrected chi connectivity index (χ1v) is 7.34. The topological polar surface area (TPSA) is 127 Å². The molecule has 0 unspecified atom stereocenters. The molecule has 0 heterocycles. The fraction of sp³-hybridized carbons (Fsp3) is 0.364. The Labute approximate surface area is 115 Å². The molecule has 0 saturated heterocycles. The molecule has 0 saturated carbocycles. The number of carboxylic acid groups (broad SMARTS) is 1. The Balaban J connectivity index is 2.77. The molecule has 0 atom stereocenters. The SMILES string of the molecule is Cc1cc([N+](=O)[O-])ccc1NS(=O)(=O)CCCC(=O)O. The number of aryl methyl sites for hydroxylation is 1. The summed E-state index contributed by atoms with van der Waals surface area (Å²) in [5.74, 6) is -1.39. The first kappa shape index (κ1) is 15.9. The minimum Gasteiger partial charge on any atom is -0.481 e. The molecular formula is C11H14N2O6S. The molecule has 0 fully saturated rings. The molecular weight excluding hydrogens is 288 g/mol. The molecule has 9 heteroatoms. The molecule has 1 rings (SSSR count). The molecule has 2 N–H and O–H groups in total. The van der Waals surface area contributed by atoms with Crippen LogP contribution in [0.25, 0.3) is 0 Å². The van der Waals surface area contributed by atoms with E-state index in [1.807, 2.05) is 0 Å². The number of hydrogen-bond acceptors (Lipinski definition) is 5. The van der Waals surface area contributed by atoms with E-state index in [1.165, 1.54) is 18.2 Å². The second-order valence-electron chi connectivity index (χ2n) is 4.17. The first-order chi connectivity index (χ1) is 9.21. The van der Waals surface area contributed by atoms with E-state index < -0.39 is 20.9 Å². The molecule has 0 bridgehead atoms. The highest BCUT2D eigenvalue weighted by atomic mass is 32.2. The lowest BCUT2D eigenvalue weighted by Crippen LogP contribution is -2.18. The maximum Gasteiger partial charge on any atom is 0.303 e. The van der Waals surface area contributed by atoms with Gasteiger partial charge in [-0.1, -0.05) is 0 Å². The van der Waals surface area contributed by atoms with Gasteiger partial charge in [-0.25, -0.2) is 8.42 Å². The lowest BCUT2D eigenvalue weighted by Gasteiger charge is -2.09. The van der Waals surface area contributed by atoms with Crippen molar-refractivity contribution in [1.29, 1.82) is 0 Å². The van der Waals surface area contributed by atoms with Gasteiger partial charge in [0, 0.05) is 18.6 Å². The van der Waals surface area contributed by atoms with Gasteiger partial charge in [0.15, 0.2) is 0 Å². The van der Waals surface area contributed by atoms with Gasteiger partial charge in [-0.15, -0.1) is 0 Å². The fourth-order valence-electron chi connectivity index (χ4n) is 1.51. The maximum absolute atomic E-state index is 11.7. The predicted molar refractivity (Wildman–Crippen MR) is 72.1 cm³/mol. The number of carboxylic acids is 1. The molecule has 1 aromatic rings. The lowest BCUT2D eigenvalue weighted by molar-refractivity contribution is -0.384. The lowest BCUT2D eigenvalue weighted by atomic mass is 10.2. The second kappa shape index (κ2) is 6.33. The largest absolute Gasteiger partial charge is 0.481 e. The Morgan fingerprint density at radius 3 is 2.60 bits per heavy atom. The molecule has 0 radical (unpaired) electrons. The van der Waals surface area contributed by atoms with Gasteiger partial charge in [0.1, 0.15) is 0 Å². The fourth-order valence-corrected chi connectivity index (χ4v) is 2.70. The van der Waals surface area contributed by atoms with Gasteiger partial charge in [-0.05, 0) is 25.0 Å². The van der Waals surface area contributed by atoms with Crippen molar-refractivity contribution in [3.63, 3.8) is 0 Å². The van der Waals surface area contributed by atoms with Gasteiger partial charge in [-0.2, -0.15) is 0 Å². The summed E-state index contributed by atoms with van der Waals surface area (Å²) in [5.41, 5.74) is 0.531. The van der Waals surface area contributed by atoms with Crippen molar-refractivity contribution in [2.75, 3.05) is 10.5 Å². The molecule has 0 aliphatic rings. The third kappa shape index (κ3) is 4.84. The normalized spacial score (nSPS) is 11.1. The number of hydrogen-bond donors (Lipinski definition) is 2. The van der Waals surface area contributed by atoms with Crippen LogP contribution in [0.15, 0.2) is 18.2 Å². The van der Waals surface area contributed by atoms with Crippen LogP contribution in [0.5, 0.6) is 0 Å². The van der Waals surface area contributed by atoms with Crippen molar-refractivity contribution in [2.24, 2.45) is 0 Å². The molecule has 0 aliphatic carbocycles. The predicted octanol–water partition coefficient (Wildman–Crippen LogP) is 1.51. The van der Waals surface area contributed by atoms with Crippen LogP contribution < -0.4 is 4.72 Å². The highest BCUT2D eigenvalue weighted by Crippen LogP contribution is 2.22. The number of benzene rings is 1. The van der Waals surface area contributed by atoms with E-state index in [0.717, 1.165) is 0 Å². The average molecular weight is 302 g/mol. The van der Waals surface area contributed by atoms with Crippen molar-refractivity contribution in [3.05, 3.63) is 33.9 Å². The molecule has 0 spiro atoms. The van der Waals surface area contributed by atoms with Crippen LogP contribution in [0.4, 0.5) is 11.4 Å². The number of rotatable bonds is 7. The highest BCUT2D eigenvalue weighted by Gasteiger charge is 2.14. The van der Waals surface area contributed by atoms with E-state index in [-0.39, 0.29) is 30.0 Å². The quantitative estimate of drug-likeness (QED) is 0.580. The van der Waals surface area contributed by atoms with E-state index in [9.17, 15) is 23.3 Å². The molecule has 20 heavy (non-hydrogen) atoms. The zero-order valence-electron chi connectivity index (χ0n) is 10.7. The van der Waals surface area contributed by atoms with E-state index in [2.05, 4.69) is 4.72 Å². The monoisotopic (exact) mass is 302 g/mol. The summed E-state index contributed by atoms with van der Waals surface area (Å²) in [5, 5.41) is 19.0. The van der Waals surface area contributed by atoms with Gasteiger partial charge in [0.2, 0.25) is 10.0 Å². The van der Waals surface area contributed by atoms with E-state index in [1.54, 1.807) is 6.92 Å². The number of nitrogens with one attached hydrogen (secondary N) is 1. The van der Waals surface area contributed by atoms with Gasteiger partial charge in [0.05, 0.1) is 16.4 Å². The van der Waals surface area contributed by atoms with Crippen LogP contribution in [0.2, 0.25) is 0 Å². The van der Waals surface area contributed by atoms with Gasteiger partial charge in [0.25, 0.3) is 5.69 Å². The summed E-state index contributed by atoms with van der Waals surface area (Å²) in [4.78, 5) is 20.3. The Morgan fingerprint density at radius 2 is 2.10 bits per heavy atom. The van der Waals surface area contributed by atoms with Crippen LogP contribution in [0.3, 0.4) is 0 Å². The summed E-state index contributed by atoms with van der Waals surface area (Å²) in [7, 11) is -3.67. The van der Waals surface area contributed by atoms with Crippen molar-refractivity contribution < 1.29 is 23.2 Å². The summed E-state index contributed by atoms with van der Waals surface area (Å²) in [6.07, 6.45) is -0.239. The average Bonchev–Trinajstić information content (AvgIpc) is 2.30. The van der Waals surface area contributed by atoms with Gasteiger partial charge in [-0.3, -0.25) is 19.6 Å². The smallest absolute Gasteiger partial charge is 0.303 e. The number of nitro groups is 1. The molecule has 0 aliphatic heterocycles. The van der Waals surface area contributed by atoms with Gasteiger partial charge < -0.3 is 5.11 Å². The minimum atomic E-state index is -3.67. The molecule has 1 aromatic carbocycles. The summed E-state index contributed by atoms with van der Waals surface area (Å²) < 4.78 is 25.7. The van der Waals surface area contributed by atoms with Gasteiger partial charge >= 0.3 is 5.97 Å². The number of aliphatic carboxylic acids is 1. The van der Waals surface area contributed by atoms with Crippen LogP contribution in [0.1, 0.15) is 18.4 Å². The van der Waals surface area contributed by atoms with E-state index in [4.69, 9.17) is 5.11 Å². The summed E-state index contributed by atoms with van der Waals surface area (Å²) >= 11 is 0. The Morgan fingerprint density at radius 1 is 1.45 bits per heavy atom. The van der Waals surface area contributed by atoms with Crippen LogP contribution in [-0.2, 0) is 14.8 Å². The summed E-state index contributed by atoms with van der Waals surface area (Å²) in [6, 6.07) is 3.76. The van der Waals surface area contributed by atoms with Crippen molar-refractivity contribution in [2.45, 2.75) is 19.8 Å². The third-order valence-electron chi connectivity index (χ3n) is 2.49. The number of nitrogens with zero attached hydrogens (tertiary/aromatic N) is 1. The van der Waals surface area contributed by atoms with Crippen molar-refractivity contribution >= 4 is 27.4 Å². The zero-order valence-corrected chi connectivity index (χ0v) is 11.5. The third-order valence-corrected chi connectivity index (χ3v) is 3.85. The van der Waals surface area contributed by atoms with Crippen molar-refractivity contribution in [3.8, 4) is 0 Å². The molecule has 110 valence electrons. The first-order valence-electron chi connectivity index (χ1n) is 5.68. The molecule has 0 amide bonds. The van der Waals surface area contributed by atoms with Crippen LogP contribution >= 0.6 is 0 Å². The number of anilines is 1. The Bertz CT molecular complexity index is 626. The number of nitro benzene ring substituents is 1. The van der Waals surface area contributed by atoms with Crippen LogP contribution in [-0.4, -0.2) is 30.2 Å². The highest BCUT2D eigenvalue weighted by molar-refractivity contribution is 7.92. The number of non-ortho nitro benzene ring substituents is 1. The molecule has 0 aromatic heterocycles. The molecule has 8 nitrogen and oxygen atoms in total. The zero-order chi connectivity index (χ0) is 15.3. The Kier molecular flexibility index (Phi) is 5.03. The number of carbonyl (C=O) groups is 1. The maximum atomic E-state index is 11.7. The van der Waals surface area contributed by atoms with E-state index in [0.29, 0.717) is 5.56 Å². The van der Waals surface area contributed by atoms with Crippen LogP contribution in [0, 0.1) is 17.0 Å². The van der Waals surface area contributed by atoms with E-state index >= 15 is 0 Å². The van der Waals surface area contributed by atoms with Crippen molar-refractivity contribution in [1.82, 2.24) is 0 Å². The Hall–Kier alpha value is -2.16. The second-order valence-corrected chi connectivity index (χ2v) is 6.02. The standard InChI is InChI=1S/C11H14N2O6S/c1-8-7-9(13(16)17)4-5-10(8)12-20(18,19)6-2-3-11(14)15/h4-5,7,12H,2-3,6H2,1H3,(H,14,15). The summed E-state index contributed by atoms with van der Waals surface area (Å²) in [6.45, 7) is 1.54. The minimum absolute atomic E-state index is 0.00328.